The molecule has 1 aromatic rings. The zero-order valence-electron chi connectivity index (χ0n) is 15.9. The first-order chi connectivity index (χ1) is 12.7. The van der Waals surface area contributed by atoms with Gasteiger partial charge >= 0.3 is 0 Å². The van der Waals surface area contributed by atoms with E-state index in [1.165, 1.54) is 12.8 Å². The van der Waals surface area contributed by atoms with Crippen LogP contribution in [0.1, 0.15) is 48.0 Å². The average Bonchev–Trinajstić information content (AvgIpc) is 3.48. The van der Waals surface area contributed by atoms with E-state index in [1.807, 2.05) is 36.1 Å². The molecular weight excluding hydrogens is 326 g/mol. The molecule has 4 nitrogen and oxygen atoms in total. The zero-order chi connectivity index (χ0) is 18.0. The molecule has 26 heavy (non-hydrogen) atoms. The number of nitrogens with zero attached hydrogens (tertiary/aromatic N) is 1. The lowest BCUT2D eigenvalue weighted by Gasteiger charge is -2.49. The first-order valence-electron chi connectivity index (χ1n) is 10.2. The van der Waals surface area contributed by atoms with Crippen molar-refractivity contribution in [1.29, 1.82) is 0 Å². The summed E-state index contributed by atoms with van der Waals surface area (Å²) in [7, 11) is 0. The third kappa shape index (κ3) is 3.96. The lowest BCUT2D eigenvalue weighted by atomic mass is 9.66. The second kappa shape index (κ2) is 7.69. The van der Waals surface area contributed by atoms with Crippen molar-refractivity contribution in [3.63, 3.8) is 0 Å². The van der Waals surface area contributed by atoms with Crippen molar-refractivity contribution in [3.8, 4) is 0 Å². The Balaban J connectivity index is 1.36. The molecule has 0 N–H and O–H groups in total. The van der Waals surface area contributed by atoms with Crippen LogP contribution in [0.5, 0.6) is 0 Å². The Bertz CT molecular complexity index is 632. The van der Waals surface area contributed by atoms with Crippen LogP contribution in [0.15, 0.2) is 24.3 Å². The van der Waals surface area contributed by atoms with Gasteiger partial charge in [0.2, 0.25) is 0 Å². The van der Waals surface area contributed by atoms with Crippen LogP contribution in [0.2, 0.25) is 0 Å². The third-order valence-corrected chi connectivity index (χ3v) is 6.61. The molecule has 0 aromatic heterocycles. The van der Waals surface area contributed by atoms with E-state index >= 15 is 0 Å². The lowest BCUT2D eigenvalue weighted by Crippen LogP contribution is -2.50. The maximum atomic E-state index is 12.8. The van der Waals surface area contributed by atoms with E-state index in [1.54, 1.807) is 0 Å². The fraction of sp³-hybridized carbons (Fsp3) is 0.682. The SMILES string of the molecule is Cc1cccc(C(=O)N2CCC3(CCOC[C@@H]3COCC3CC3)CC2)c1. The molecule has 4 rings (SSSR count). The predicted molar refractivity (Wildman–Crippen MR) is 101 cm³/mol. The molecule has 2 aliphatic heterocycles. The number of amides is 1. The van der Waals surface area contributed by atoms with E-state index in [2.05, 4.69) is 0 Å². The minimum Gasteiger partial charge on any atom is -0.381 e. The highest BCUT2D eigenvalue weighted by Gasteiger charge is 2.44. The minimum atomic E-state index is 0.178. The summed E-state index contributed by atoms with van der Waals surface area (Å²) in [6.07, 6.45) is 5.93. The molecule has 3 aliphatic rings. The van der Waals surface area contributed by atoms with Crippen LogP contribution in [-0.2, 0) is 9.47 Å². The summed E-state index contributed by atoms with van der Waals surface area (Å²) in [6, 6.07) is 7.94. The molecular formula is C22H31NO3. The molecule has 1 spiro atoms. The minimum absolute atomic E-state index is 0.178. The summed E-state index contributed by atoms with van der Waals surface area (Å²) in [5.41, 5.74) is 2.25. The summed E-state index contributed by atoms with van der Waals surface area (Å²) < 4.78 is 11.8. The van der Waals surface area contributed by atoms with E-state index in [0.717, 1.165) is 75.8 Å². The van der Waals surface area contributed by atoms with Gasteiger partial charge in [0.05, 0.1) is 13.2 Å². The van der Waals surface area contributed by atoms with E-state index < -0.39 is 0 Å². The number of piperidine rings is 1. The maximum Gasteiger partial charge on any atom is 0.253 e. The second-order valence-corrected chi connectivity index (χ2v) is 8.53. The van der Waals surface area contributed by atoms with Crippen molar-refractivity contribution in [2.45, 2.75) is 39.0 Å². The van der Waals surface area contributed by atoms with Gasteiger partial charge in [-0.05, 0) is 62.5 Å². The third-order valence-electron chi connectivity index (χ3n) is 6.61. The Morgan fingerprint density at radius 3 is 2.77 bits per heavy atom. The fourth-order valence-corrected chi connectivity index (χ4v) is 4.54. The van der Waals surface area contributed by atoms with Crippen molar-refractivity contribution in [2.75, 3.05) is 39.5 Å². The highest BCUT2D eigenvalue weighted by Crippen LogP contribution is 2.45. The number of hydrogen-bond acceptors (Lipinski definition) is 3. The van der Waals surface area contributed by atoms with Crippen molar-refractivity contribution >= 4 is 5.91 Å². The smallest absolute Gasteiger partial charge is 0.253 e. The Morgan fingerprint density at radius 1 is 1.23 bits per heavy atom. The van der Waals surface area contributed by atoms with E-state index in [0.29, 0.717) is 11.3 Å². The van der Waals surface area contributed by atoms with Gasteiger partial charge in [-0.1, -0.05) is 17.7 Å². The predicted octanol–water partition coefficient (Wildman–Crippen LogP) is 3.68. The van der Waals surface area contributed by atoms with Gasteiger partial charge < -0.3 is 14.4 Å². The van der Waals surface area contributed by atoms with E-state index in [4.69, 9.17) is 9.47 Å². The van der Waals surface area contributed by atoms with Gasteiger partial charge in [0.1, 0.15) is 0 Å². The number of benzene rings is 1. The van der Waals surface area contributed by atoms with Gasteiger partial charge in [-0.25, -0.2) is 0 Å². The van der Waals surface area contributed by atoms with Crippen LogP contribution in [-0.4, -0.2) is 50.3 Å². The number of hydrogen-bond donors (Lipinski definition) is 0. The van der Waals surface area contributed by atoms with Gasteiger partial charge in [-0.2, -0.15) is 0 Å². The van der Waals surface area contributed by atoms with Crippen LogP contribution in [0.3, 0.4) is 0 Å². The molecule has 2 saturated heterocycles. The van der Waals surface area contributed by atoms with Crippen LogP contribution in [0.4, 0.5) is 0 Å². The van der Waals surface area contributed by atoms with E-state index in [-0.39, 0.29) is 5.91 Å². The molecule has 142 valence electrons. The van der Waals surface area contributed by atoms with E-state index in [9.17, 15) is 4.79 Å². The summed E-state index contributed by atoms with van der Waals surface area (Å²) in [5, 5.41) is 0. The maximum absolute atomic E-state index is 12.8. The van der Waals surface area contributed by atoms with Gasteiger partial charge in [0, 0.05) is 37.8 Å². The van der Waals surface area contributed by atoms with Crippen LogP contribution >= 0.6 is 0 Å². The summed E-state index contributed by atoms with van der Waals surface area (Å²) in [5.74, 6) is 1.47. The first kappa shape index (κ1) is 18.0. The molecule has 3 fully saturated rings. The highest BCUT2D eigenvalue weighted by atomic mass is 16.5. The summed E-state index contributed by atoms with van der Waals surface area (Å²) in [6.45, 7) is 7.16. The van der Waals surface area contributed by atoms with Crippen LogP contribution in [0.25, 0.3) is 0 Å². The average molecular weight is 357 g/mol. The molecule has 1 aliphatic carbocycles. The van der Waals surface area contributed by atoms with Gasteiger partial charge in [0.25, 0.3) is 5.91 Å². The number of carbonyl (C=O) groups is 1. The normalized spacial score (nSPS) is 25.4. The Morgan fingerprint density at radius 2 is 2.04 bits per heavy atom. The van der Waals surface area contributed by atoms with Crippen molar-refractivity contribution in [3.05, 3.63) is 35.4 Å². The van der Waals surface area contributed by atoms with Crippen molar-refractivity contribution in [2.24, 2.45) is 17.3 Å². The Kier molecular flexibility index (Phi) is 5.32. The number of rotatable bonds is 5. The van der Waals surface area contributed by atoms with Crippen LogP contribution in [0, 0.1) is 24.2 Å². The summed E-state index contributed by atoms with van der Waals surface area (Å²) in [4.78, 5) is 14.9. The number of likely N-dealkylation sites (tertiary alicyclic amines) is 1. The molecule has 2 heterocycles. The lowest BCUT2D eigenvalue weighted by molar-refractivity contribution is -0.0975. The number of aryl methyl sites for hydroxylation is 1. The van der Waals surface area contributed by atoms with Gasteiger partial charge in [0.15, 0.2) is 0 Å². The first-order valence-corrected chi connectivity index (χ1v) is 10.2. The van der Waals surface area contributed by atoms with Crippen molar-refractivity contribution < 1.29 is 14.3 Å². The topological polar surface area (TPSA) is 38.8 Å². The Hall–Kier alpha value is -1.39. The molecule has 0 bridgehead atoms. The molecule has 1 atom stereocenters. The van der Waals surface area contributed by atoms with Gasteiger partial charge in [-0.15, -0.1) is 0 Å². The molecule has 1 saturated carbocycles. The molecule has 1 aromatic carbocycles. The molecule has 0 radical (unpaired) electrons. The molecule has 4 heteroatoms. The monoisotopic (exact) mass is 357 g/mol. The molecule has 0 unspecified atom stereocenters. The number of carbonyl (C=O) groups excluding carboxylic acids is 1. The Labute approximate surface area is 156 Å². The zero-order valence-corrected chi connectivity index (χ0v) is 15.9. The highest BCUT2D eigenvalue weighted by molar-refractivity contribution is 5.94. The quantitative estimate of drug-likeness (QED) is 0.807. The standard InChI is InChI=1S/C22H31NO3/c1-17-3-2-4-19(13-17)21(24)23-10-7-22(8-11-23)9-12-25-15-20(22)16-26-14-18-5-6-18/h2-4,13,18,20H,5-12,14-16H2,1H3/t20-/m1/s1. The molecule has 1 amide bonds. The van der Waals surface area contributed by atoms with Crippen LogP contribution < -0.4 is 0 Å². The van der Waals surface area contributed by atoms with Gasteiger partial charge in [-0.3, -0.25) is 4.79 Å². The van der Waals surface area contributed by atoms with Crippen molar-refractivity contribution in [1.82, 2.24) is 4.90 Å². The fourth-order valence-electron chi connectivity index (χ4n) is 4.54. The second-order valence-electron chi connectivity index (χ2n) is 8.53. The largest absolute Gasteiger partial charge is 0.381 e. The number of ether oxygens (including phenoxy) is 2. The summed E-state index contributed by atoms with van der Waals surface area (Å²) >= 11 is 0.